The van der Waals surface area contributed by atoms with E-state index in [1.54, 1.807) is 0 Å². The van der Waals surface area contributed by atoms with E-state index >= 15 is 0 Å². The average Bonchev–Trinajstić information content (AvgIpc) is 1.33. The number of phosphoric ester groups is 2. The van der Waals surface area contributed by atoms with E-state index in [4.69, 9.17) is 37.0 Å². The first-order valence-electron chi connectivity index (χ1n) is 39.7. The summed E-state index contributed by atoms with van der Waals surface area (Å²) < 4.78 is 68.5. The number of unbranched alkanes of at least 4 members (excludes halogenated alkanes) is 39. The number of aliphatic hydroxyl groups is 1. The maximum absolute atomic E-state index is 13.1. The van der Waals surface area contributed by atoms with Gasteiger partial charge in [-0.2, -0.15) is 0 Å². The Hall–Kier alpha value is -1.94. The second-order valence-electron chi connectivity index (χ2n) is 29.4. The molecule has 0 aromatic rings. The molecule has 0 saturated carbocycles. The largest absolute Gasteiger partial charge is 0.472 e. The lowest BCUT2D eigenvalue weighted by molar-refractivity contribution is -0.161. The van der Waals surface area contributed by atoms with Crippen LogP contribution in [0.5, 0.6) is 0 Å². The Morgan fingerprint density at radius 2 is 0.500 bits per heavy atom. The van der Waals surface area contributed by atoms with Gasteiger partial charge in [0.2, 0.25) is 0 Å². The van der Waals surface area contributed by atoms with Crippen LogP contribution in [0.1, 0.15) is 389 Å². The Kier molecular flexibility index (Phi) is 65.0. The molecule has 0 rings (SSSR count). The predicted molar refractivity (Wildman–Crippen MR) is 391 cm³/mol. The van der Waals surface area contributed by atoms with Crippen LogP contribution in [-0.2, 0) is 65.4 Å². The summed E-state index contributed by atoms with van der Waals surface area (Å²) >= 11 is 0. The third-order valence-corrected chi connectivity index (χ3v) is 20.1. The molecule has 0 saturated heterocycles. The highest BCUT2D eigenvalue weighted by Crippen LogP contribution is 2.45. The molecule has 17 nitrogen and oxygen atoms in total. The number of aliphatic hydroxyl groups excluding tert-OH is 1. The molecule has 4 unspecified atom stereocenters. The third-order valence-electron chi connectivity index (χ3n) is 18.2. The van der Waals surface area contributed by atoms with Crippen molar-refractivity contribution in [1.29, 1.82) is 0 Å². The Morgan fingerprint density at radius 1 is 0.292 bits per heavy atom. The molecule has 0 aliphatic rings. The summed E-state index contributed by atoms with van der Waals surface area (Å²) in [6, 6.07) is 0. The van der Waals surface area contributed by atoms with E-state index in [0.717, 1.165) is 114 Å². The molecule has 0 spiro atoms. The topological polar surface area (TPSA) is 237 Å². The van der Waals surface area contributed by atoms with Gasteiger partial charge in [-0.3, -0.25) is 37.3 Å². The van der Waals surface area contributed by atoms with Crippen LogP contribution >= 0.6 is 15.6 Å². The molecule has 0 radical (unpaired) electrons. The molecular weight excluding hydrogens is 1260 g/mol. The fourth-order valence-corrected chi connectivity index (χ4v) is 13.3. The summed E-state index contributed by atoms with van der Waals surface area (Å²) in [6.45, 7) is 14.2. The molecule has 3 N–H and O–H groups in total. The predicted octanol–water partition coefficient (Wildman–Crippen LogP) is 22.4. The summed E-state index contributed by atoms with van der Waals surface area (Å²) in [6.07, 6.45) is 51.4. The molecule has 0 aromatic heterocycles. The van der Waals surface area contributed by atoms with E-state index < -0.39 is 97.5 Å². The number of hydrogen-bond acceptors (Lipinski definition) is 15. The Labute approximate surface area is 588 Å². The number of hydrogen-bond donors (Lipinski definition) is 3. The van der Waals surface area contributed by atoms with Crippen molar-refractivity contribution in [1.82, 2.24) is 0 Å². The van der Waals surface area contributed by atoms with E-state index in [0.29, 0.717) is 31.6 Å². The minimum Gasteiger partial charge on any atom is -0.462 e. The standard InChI is InChI=1S/C77H150O17P2/c1-9-70(8)56-48-40-32-24-18-14-10-11-15-19-25-33-41-49-57-74(79)87-63-72(93-76(81)59-51-43-34-26-20-16-12-13-17-22-29-37-45-53-67(2)3)65-91-95(83,84)89-61-71(78)62-90-96(85,86)92-66-73(64-88-75(80)58-50-42-36-28-31-39-47-55-69(6)7)94-77(82)60-52-44-35-27-21-23-30-38-46-54-68(4)5/h67-73,78H,9-66H2,1-8H3,(H,83,84)(H,85,86)/t70?,71?,72-,73-/m1/s1. The zero-order valence-electron chi connectivity index (χ0n) is 63.0. The highest BCUT2D eigenvalue weighted by atomic mass is 31.2. The minimum absolute atomic E-state index is 0.104. The van der Waals surface area contributed by atoms with Gasteiger partial charge in [0, 0.05) is 25.7 Å². The molecule has 0 aliphatic carbocycles. The van der Waals surface area contributed by atoms with E-state index in [2.05, 4.69) is 55.4 Å². The zero-order chi connectivity index (χ0) is 71.0. The SMILES string of the molecule is CCC(C)CCCCCCCCCCCCCCCCC(=O)OC[C@H](COP(=O)(O)OCC(O)COP(=O)(O)OC[C@@H](COC(=O)CCCCCCCCCC(C)C)OC(=O)CCCCCCCCCCCC(C)C)OC(=O)CCCCCCCCCCCCCCCC(C)C. The molecule has 0 aliphatic heterocycles. The molecule has 0 bridgehead atoms. The fraction of sp³-hybridized carbons (Fsp3) is 0.948. The molecular formula is C77H150O17P2. The number of carbonyl (C=O) groups excluding carboxylic acids is 4. The van der Waals surface area contributed by atoms with Crippen LogP contribution in [0.3, 0.4) is 0 Å². The summed E-state index contributed by atoms with van der Waals surface area (Å²) in [5.74, 6) is 0.957. The van der Waals surface area contributed by atoms with E-state index in [1.807, 2.05) is 0 Å². The number of ether oxygens (including phenoxy) is 4. The fourth-order valence-electron chi connectivity index (χ4n) is 11.7. The van der Waals surface area contributed by atoms with Crippen molar-refractivity contribution >= 4 is 39.5 Å². The van der Waals surface area contributed by atoms with E-state index in [1.165, 1.54) is 186 Å². The van der Waals surface area contributed by atoms with Crippen molar-refractivity contribution in [2.75, 3.05) is 39.6 Å². The van der Waals surface area contributed by atoms with Crippen molar-refractivity contribution in [3.8, 4) is 0 Å². The number of phosphoric acid groups is 2. The molecule has 570 valence electrons. The van der Waals surface area contributed by atoms with Crippen molar-refractivity contribution < 1.29 is 80.2 Å². The summed E-state index contributed by atoms with van der Waals surface area (Å²) in [4.78, 5) is 72.8. The van der Waals surface area contributed by atoms with Gasteiger partial charge in [-0.15, -0.1) is 0 Å². The van der Waals surface area contributed by atoms with Crippen LogP contribution in [0.2, 0.25) is 0 Å². The van der Waals surface area contributed by atoms with Gasteiger partial charge < -0.3 is 33.8 Å². The van der Waals surface area contributed by atoms with Crippen LogP contribution in [0.25, 0.3) is 0 Å². The van der Waals surface area contributed by atoms with Crippen molar-refractivity contribution in [3.63, 3.8) is 0 Å². The smallest absolute Gasteiger partial charge is 0.462 e. The van der Waals surface area contributed by atoms with Crippen LogP contribution < -0.4 is 0 Å². The van der Waals surface area contributed by atoms with Gasteiger partial charge in [-0.1, -0.05) is 338 Å². The van der Waals surface area contributed by atoms with Crippen molar-refractivity contribution in [2.45, 2.75) is 408 Å². The van der Waals surface area contributed by atoms with Gasteiger partial charge in [0.05, 0.1) is 26.4 Å². The van der Waals surface area contributed by atoms with Crippen LogP contribution in [0.15, 0.2) is 0 Å². The monoisotopic (exact) mass is 1410 g/mol. The number of rotatable bonds is 74. The van der Waals surface area contributed by atoms with Gasteiger partial charge in [-0.25, -0.2) is 9.13 Å². The highest BCUT2D eigenvalue weighted by molar-refractivity contribution is 7.47. The third kappa shape index (κ3) is 69.2. The van der Waals surface area contributed by atoms with Crippen LogP contribution in [-0.4, -0.2) is 96.7 Å². The maximum Gasteiger partial charge on any atom is 0.472 e. The van der Waals surface area contributed by atoms with E-state index in [9.17, 15) is 43.2 Å². The first-order valence-corrected chi connectivity index (χ1v) is 42.7. The normalized spacial score (nSPS) is 14.4. The zero-order valence-corrected chi connectivity index (χ0v) is 64.8. The molecule has 96 heavy (non-hydrogen) atoms. The molecule has 0 aromatic carbocycles. The van der Waals surface area contributed by atoms with Gasteiger partial charge in [0.15, 0.2) is 12.2 Å². The van der Waals surface area contributed by atoms with Gasteiger partial charge in [0.25, 0.3) is 0 Å². The van der Waals surface area contributed by atoms with Crippen molar-refractivity contribution in [3.05, 3.63) is 0 Å². The molecule has 0 fully saturated rings. The van der Waals surface area contributed by atoms with Crippen LogP contribution in [0, 0.1) is 23.7 Å². The Balaban J connectivity index is 5.24. The molecule has 19 heteroatoms. The average molecular weight is 1410 g/mol. The van der Waals surface area contributed by atoms with Gasteiger partial charge in [-0.05, 0) is 49.4 Å². The Morgan fingerprint density at radius 3 is 0.740 bits per heavy atom. The summed E-state index contributed by atoms with van der Waals surface area (Å²) in [5.41, 5.74) is 0. The second-order valence-corrected chi connectivity index (χ2v) is 32.3. The van der Waals surface area contributed by atoms with Crippen molar-refractivity contribution in [2.24, 2.45) is 23.7 Å². The van der Waals surface area contributed by atoms with Crippen LogP contribution in [0.4, 0.5) is 0 Å². The first-order chi connectivity index (χ1) is 46.1. The Bertz CT molecular complexity index is 1890. The first kappa shape index (κ1) is 94.1. The van der Waals surface area contributed by atoms with E-state index in [-0.39, 0.29) is 25.7 Å². The lowest BCUT2D eigenvalue weighted by atomic mass is 9.99. The molecule has 0 amide bonds. The maximum atomic E-state index is 13.1. The minimum atomic E-state index is -4.96. The molecule has 0 heterocycles. The number of carbonyl (C=O) groups is 4. The highest BCUT2D eigenvalue weighted by Gasteiger charge is 2.30. The second kappa shape index (κ2) is 66.3. The lowest BCUT2D eigenvalue weighted by Crippen LogP contribution is -2.30. The summed E-state index contributed by atoms with van der Waals surface area (Å²) in [5, 5.41) is 10.6. The number of esters is 4. The quantitative estimate of drug-likeness (QED) is 0.0222. The molecule has 6 atom stereocenters. The van der Waals surface area contributed by atoms with Gasteiger partial charge in [0.1, 0.15) is 19.3 Å². The summed E-state index contributed by atoms with van der Waals surface area (Å²) in [7, 11) is -9.91. The van der Waals surface area contributed by atoms with Gasteiger partial charge >= 0.3 is 39.5 Å². The lowest BCUT2D eigenvalue weighted by Gasteiger charge is -2.21.